The van der Waals surface area contributed by atoms with E-state index in [9.17, 15) is 50.6 Å². The van der Waals surface area contributed by atoms with Crippen LogP contribution in [0.3, 0.4) is 0 Å². The van der Waals surface area contributed by atoms with Crippen molar-refractivity contribution in [2.75, 3.05) is 26.4 Å². The molecule has 0 atom stereocenters. The second kappa shape index (κ2) is 6.03. The zero-order valence-electron chi connectivity index (χ0n) is 11.0. The van der Waals surface area contributed by atoms with Gasteiger partial charge in [-0.15, -0.1) is 0 Å². The third kappa shape index (κ3) is 3.36. The van der Waals surface area contributed by atoms with Gasteiger partial charge in [0.25, 0.3) is 0 Å². The summed E-state index contributed by atoms with van der Waals surface area (Å²) in [4.78, 5) is 51.5. The predicted molar refractivity (Wildman–Crippen MR) is 62.7 cm³/mol. The van der Waals surface area contributed by atoms with E-state index in [0.29, 0.717) is 0 Å². The average molecular weight is 340 g/mol. The maximum absolute atomic E-state index is 11.1. The standard InChI is InChI=1S/C5H8N8O10/c14-9(15)5(10(16)17)1-6(11(18)19)3-8(13(22)23)4-7(2-5)12(20)21/h1-4H2. The number of rotatable bonds is 5. The molecule has 1 aliphatic rings. The fourth-order valence-corrected chi connectivity index (χ4v) is 1.78. The van der Waals surface area contributed by atoms with Crippen LogP contribution in [0.1, 0.15) is 0 Å². The number of hydrogen-bond acceptors (Lipinski definition) is 10. The first kappa shape index (κ1) is 17.5. The predicted octanol–water partition coefficient (Wildman–Crippen LogP) is -2.35. The van der Waals surface area contributed by atoms with Crippen molar-refractivity contribution < 1.29 is 24.9 Å². The quantitative estimate of drug-likeness (QED) is 0.290. The molecule has 18 heteroatoms. The molecule has 0 saturated carbocycles. The molecule has 0 aromatic carbocycles. The molecule has 0 N–H and O–H groups in total. The zero-order valence-corrected chi connectivity index (χ0v) is 11.0. The Balaban J connectivity index is 3.37. The molecule has 0 unspecified atom stereocenters. The van der Waals surface area contributed by atoms with Crippen molar-refractivity contribution in [2.24, 2.45) is 0 Å². The summed E-state index contributed by atoms with van der Waals surface area (Å²) in [7, 11) is 0. The van der Waals surface area contributed by atoms with Crippen LogP contribution in [0.4, 0.5) is 0 Å². The van der Waals surface area contributed by atoms with Crippen LogP contribution in [0.2, 0.25) is 0 Å². The maximum atomic E-state index is 11.1. The van der Waals surface area contributed by atoms with Crippen molar-refractivity contribution in [3.8, 4) is 0 Å². The molecule has 1 saturated heterocycles. The Labute approximate surface area is 124 Å². The molecule has 1 fully saturated rings. The van der Waals surface area contributed by atoms with E-state index < -0.39 is 57.0 Å². The highest BCUT2D eigenvalue weighted by Crippen LogP contribution is 2.19. The highest BCUT2D eigenvalue weighted by atomic mass is 16.7. The Kier molecular flexibility index (Phi) is 4.57. The van der Waals surface area contributed by atoms with Crippen molar-refractivity contribution in [3.05, 3.63) is 50.6 Å². The fourth-order valence-electron chi connectivity index (χ4n) is 1.78. The molecule has 1 aliphatic heterocycles. The summed E-state index contributed by atoms with van der Waals surface area (Å²) in [6.07, 6.45) is 0. The zero-order chi connectivity index (χ0) is 17.9. The topological polar surface area (TPSA) is 225 Å². The largest absolute Gasteiger partial charge is 0.503 e. The molecule has 1 heterocycles. The van der Waals surface area contributed by atoms with Crippen molar-refractivity contribution >= 4 is 0 Å². The smallest absolute Gasteiger partial charge is 0.258 e. The van der Waals surface area contributed by atoms with Gasteiger partial charge in [0, 0.05) is 0 Å². The second-order valence-corrected chi connectivity index (χ2v) is 4.33. The lowest BCUT2D eigenvalue weighted by Crippen LogP contribution is -2.67. The minimum absolute atomic E-state index is 0.0232. The van der Waals surface area contributed by atoms with Crippen molar-refractivity contribution in [2.45, 2.75) is 5.66 Å². The average Bonchev–Trinajstić information content (AvgIpc) is 2.36. The van der Waals surface area contributed by atoms with Crippen LogP contribution in [-0.4, -0.2) is 72.1 Å². The van der Waals surface area contributed by atoms with E-state index in [2.05, 4.69) is 0 Å². The fraction of sp³-hybridized carbons (Fsp3) is 1.00. The van der Waals surface area contributed by atoms with E-state index in [0.717, 1.165) is 0 Å². The summed E-state index contributed by atoms with van der Waals surface area (Å²) in [5, 5.41) is 50.5. The molecule has 128 valence electrons. The van der Waals surface area contributed by atoms with Gasteiger partial charge in [-0.3, -0.25) is 20.2 Å². The van der Waals surface area contributed by atoms with Gasteiger partial charge in [0.2, 0.25) is 26.4 Å². The van der Waals surface area contributed by atoms with E-state index in [1.165, 1.54) is 0 Å². The first-order valence-electron chi connectivity index (χ1n) is 5.48. The first-order chi connectivity index (χ1) is 10.5. The second-order valence-electron chi connectivity index (χ2n) is 4.33. The summed E-state index contributed by atoms with van der Waals surface area (Å²) in [5.41, 5.74) is -3.30. The van der Waals surface area contributed by atoms with Gasteiger partial charge in [-0.2, -0.15) is 0 Å². The highest BCUT2D eigenvalue weighted by Gasteiger charge is 2.64. The minimum Gasteiger partial charge on any atom is -0.258 e. The molecule has 0 aromatic heterocycles. The van der Waals surface area contributed by atoms with Crippen LogP contribution in [0.5, 0.6) is 0 Å². The van der Waals surface area contributed by atoms with Crippen LogP contribution in [0.25, 0.3) is 0 Å². The van der Waals surface area contributed by atoms with Crippen LogP contribution < -0.4 is 0 Å². The molecule has 0 amide bonds. The van der Waals surface area contributed by atoms with Crippen molar-refractivity contribution in [1.29, 1.82) is 0 Å². The Hall–Kier alpha value is -3.60. The number of nitro groups is 5. The van der Waals surface area contributed by atoms with Gasteiger partial charge in [0.05, 0.1) is 0 Å². The lowest BCUT2D eigenvalue weighted by Gasteiger charge is -2.28. The van der Waals surface area contributed by atoms with Gasteiger partial charge in [0.15, 0.2) is 15.1 Å². The molecule has 0 bridgehead atoms. The van der Waals surface area contributed by atoms with E-state index in [1.54, 1.807) is 0 Å². The summed E-state index contributed by atoms with van der Waals surface area (Å²) in [6, 6.07) is 0. The third-order valence-corrected chi connectivity index (χ3v) is 2.90. The Bertz CT molecular complexity index is 521. The van der Waals surface area contributed by atoms with Gasteiger partial charge in [-0.05, 0) is 0 Å². The molecular formula is C5H8N8O10. The molecule has 0 aliphatic carbocycles. The number of hydrazine groups is 3. The molecule has 0 aromatic rings. The molecule has 23 heavy (non-hydrogen) atoms. The monoisotopic (exact) mass is 340 g/mol. The van der Waals surface area contributed by atoms with Gasteiger partial charge >= 0.3 is 5.66 Å². The normalized spacial score (nSPS) is 17.8. The maximum Gasteiger partial charge on any atom is 0.503 e. The van der Waals surface area contributed by atoms with Gasteiger partial charge in [-0.25, -0.2) is 30.3 Å². The molecular weight excluding hydrogens is 332 g/mol. The Morgan fingerprint density at radius 3 is 1.13 bits per heavy atom. The van der Waals surface area contributed by atoms with Gasteiger partial charge in [-0.1, -0.05) is 15.0 Å². The van der Waals surface area contributed by atoms with E-state index in [1.807, 2.05) is 0 Å². The number of hydrogen-bond donors (Lipinski definition) is 0. The minimum atomic E-state index is -3.30. The Morgan fingerprint density at radius 1 is 0.609 bits per heavy atom. The lowest BCUT2D eigenvalue weighted by molar-refractivity contribution is -0.831. The van der Waals surface area contributed by atoms with Gasteiger partial charge < -0.3 is 0 Å². The van der Waals surface area contributed by atoms with Crippen LogP contribution in [-0.2, 0) is 0 Å². The van der Waals surface area contributed by atoms with E-state index in [4.69, 9.17) is 0 Å². The SMILES string of the molecule is O=[N+]([O-])N1CN([N+](=O)[O-])CC([N+](=O)[O-])([N+](=O)[O-])CN([N+](=O)[O-])C1. The summed E-state index contributed by atoms with van der Waals surface area (Å²) in [5.74, 6) is 0. The van der Waals surface area contributed by atoms with Crippen molar-refractivity contribution in [1.82, 2.24) is 15.0 Å². The third-order valence-electron chi connectivity index (χ3n) is 2.90. The Morgan fingerprint density at radius 2 is 0.913 bits per heavy atom. The van der Waals surface area contributed by atoms with E-state index in [-0.39, 0.29) is 15.0 Å². The summed E-state index contributed by atoms with van der Waals surface area (Å²) < 4.78 is 0. The first-order valence-corrected chi connectivity index (χ1v) is 5.48. The lowest BCUT2D eigenvalue weighted by atomic mass is 10.1. The van der Waals surface area contributed by atoms with E-state index >= 15 is 0 Å². The molecule has 0 radical (unpaired) electrons. The van der Waals surface area contributed by atoms with Crippen LogP contribution in [0, 0.1) is 50.6 Å². The van der Waals surface area contributed by atoms with Crippen LogP contribution >= 0.6 is 0 Å². The molecule has 0 spiro atoms. The van der Waals surface area contributed by atoms with Crippen molar-refractivity contribution in [3.63, 3.8) is 0 Å². The highest BCUT2D eigenvalue weighted by molar-refractivity contribution is 4.74. The molecule has 18 nitrogen and oxygen atoms in total. The summed E-state index contributed by atoms with van der Waals surface area (Å²) >= 11 is 0. The number of nitrogens with zero attached hydrogens (tertiary/aromatic N) is 8. The molecule has 1 rings (SSSR count). The van der Waals surface area contributed by atoms with Gasteiger partial charge in [0.1, 0.15) is 9.85 Å². The van der Waals surface area contributed by atoms with Crippen LogP contribution in [0.15, 0.2) is 0 Å². The summed E-state index contributed by atoms with van der Waals surface area (Å²) in [6.45, 7) is -5.47.